The predicted octanol–water partition coefficient (Wildman–Crippen LogP) is 1.64. The maximum atomic E-state index is 13.3. The molecule has 0 spiro atoms. The summed E-state index contributed by atoms with van der Waals surface area (Å²) in [5.41, 5.74) is -0.117. The lowest BCUT2D eigenvalue weighted by Crippen LogP contribution is -2.40. The Morgan fingerprint density at radius 2 is 1.50 bits per heavy atom. The minimum Gasteiger partial charge on any atom is -0.447 e. The van der Waals surface area contributed by atoms with E-state index in [0.717, 1.165) is 19.3 Å². The van der Waals surface area contributed by atoms with Crippen molar-refractivity contribution in [1.29, 1.82) is 0 Å². The summed E-state index contributed by atoms with van der Waals surface area (Å²) < 4.78 is 25.5. The summed E-state index contributed by atoms with van der Waals surface area (Å²) >= 11 is 0. The molecule has 0 radical (unpaired) electrons. The van der Waals surface area contributed by atoms with Gasteiger partial charge < -0.3 is 9.47 Å². The van der Waals surface area contributed by atoms with Crippen molar-refractivity contribution in [2.45, 2.75) is 24.9 Å². The Labute approximate surface area is 104 Å². The van der Waals surface area contributed by atoms with Gasteiger partial charge in [-0.05, 0) is 12.8 Å². The van der Waals surface area contributed by atoms with Crippen molar-refractivity contribution in [2.24, 2.45) is 0 Å². The van der Waals surface area contributed by atoms with Gasteiger partial charge >= 0.3 is 12.2 Å². The Bertz CT molecular complexity index is 406. The fourth-order valence-corrected chi connectivity index (χ4v) is 5.95. The number of amides is 2. The van der Waals surface area contributed by atoms with Crippen molar-refractivity contribution in [3.05, 3.63) is 0 Å². The molecule has 0 aromatic rings. The maximum absolute atomic E-state index is 13.3. The highest BCUT2D eigenvalue weighted by molar-refractivity contribution is 7.61. The average molecular weight is 274 g/mol. The highest BCUT2D eigenvalue weighted by Gasteiger charge is 2.54. The minimum atomic E-state index is -3.21. The van der Waals surface area contributed by atoms with E-state index < -0.39 is 19.6 Å². The lowest BCUT2D eigenvalue weighted by molar-refractivity contribution is 0.164. The first-order valence-corrected chi connectivity index (χ1v) is 7.81. The van der Waals surface area contributed by atoms with Crippen molar-refractivity contribution in [3.63, 3.8) is 0 Å². The lowest BCUT2D eigenvalue weighted by Gasteiger charge is -2.41. The van der Waals surface area contributed by atoms with E-state index >= 15 is 0 Å². The van der Waals surface area contributed by atoms with Gasteiger partial charge in [-0.3, -0.25) is 4.57 Å². The summed E-state index contributed by atoms with van der Waals surface area (Å²) in [7, 11) is -3.21. The van der Waals surface area contributed by atoms with E-state index in [-0.39, 0.29) is 32.0 Å². The number of ether oxygens (including phenoxy) is 2. The molecule has 0 N–H and O–H groups in total. The van der Waals surface area contributed by atoms with E-state index in [0.29, 0.717) is 0 Å². The van der Waals surface area contributed by atoms with Crippen LogP contribution in [0, 0.1) is 0 Å². The van der Waals surface area contributed by atoms with Crippen LogP contribution in [-0.4, -0.2) is 53.5 Å². The van der Waals surface area contributed by atoms with E-state index in [2.05, 4.69) is 0 Å². The van der Waals surface area contributed by atoms with Crippen LogP contribution in [0.3, 0.4) is 0 Å². The third-order valence-electron chi connectivity index (χ3n) is 3.72. The second-order valence-electron chi connectivity index (χ2n) is 4.65. The van der Waals surface area contributed by atoms with Gasteiger partial charge in [0.05, 0.1) is 13.1 Å². The van der Waals surface area contributed by atoms with Crippen LogP contribution in [0.5, 0.6) is 0 Å². The minimum absolute atomic E-state index is 0.117. The van der Waals surface area contributed by atoms with Gasteiger partial charge in [0.1, 0.15) is 13.2 Å². The Kier molecular flexibility index (Phi) is 2.73. The third kappa shape index (κ3) is 1.53. The molecule has 2 amide bonds. The molecule has 3 aliphatic rings. The van der Waals surface area contributed by atoms with Crippen molar-refractivity contribution in [3.8, 4) is 0 Å². The first-order valence-electron chi connectivity index (χ1n) is 6.13. The van der Waals surface area contributed by atoms with Gasteiger partial charge in [0.2, 0.25) is 0 Å². The summed E-state index contributed by atoms with van der Waals surface area (Å²) in [6, 6.07) is 0. The highest BCUT2D eigenvalue weighted by Crippen LogP contribution is 2.64. The van der Waals surface area contributed by atoms with Crippen LogP contribution >= 0.6 is 7.44 Å². The third-order valence-corrected chi connectivity index (χ3v) is 7.30. The first-order chi connectivity index (χ1) is 8.64. The van der Waals surface area contributed by atoms with Crippen LogP contribution < -0.4 is 0 Å². The van der Waals surface area contributed by atoms with Crippen molar-refractivity contribution < 1.29 is 23.6 Å². The van der Waals surface area contributed by atoms with E-state index in [9.17, 15) is 14.2 Å². The molecule has 3 rings (SSSR count). The number of cyclic esters (lactones) is 2. The first kappa shape index (κ1) is 11.8. The van der Waals surface area contributed by atoms with Crippen molar-refractivity contribution in [1.82, 2.24) is 9.34 Å². The number of carbonyl (C=O) groups excluding carboxylic acids is 2. The maximum Gasteiger partial charge on any atom is 0.416 e. The fraction of sp³-hybridized carbons (Fsp3) is 0.800. The van der Waals surface area contributed by atoms with Crippen LogP contribution in [0.25, 0.3) is 0 Å². The van der Waals surface area contributed by atoms with Crippen LogP contribution in [0.1, 0.15) is 19.3 Å². The number of hydrogen-bond donors (Lipinski definition) is 0. The molecule has 0 aromatic heterocycles. The molecule has 100 valence electrons. The van der Waals surface area contributed by atoms with Gasteiger partial charge in [-0.15, -0.1) is 0 Å². The summed E-state index contributed by atoms with van der Waals surface area (Å²) in [4.78, 5) is 23.4. The van der Waals surface area contributed by atoms with Crippen molar-refractivity contribution in [2.75, 3.05) is 26.3 Å². The Hall–Kier alpha value is -1.23. The van der Waals surface area contributed by atoms with Gasteiger partial charge in [-0.2, -0.15) is 0 Å². The quantitative estimate of drug-likeness (QED) is 0.731. The average Bonchev–Trinajstić information content (AvgIpc) is 2.84. The Morgan fingerprint density at radius 1 is 1.00 bits per heavy atom. The summed E-state index contributed by atoms with van der Waals surface area (Å²) in [6.45, 7) is 1.05. The Balaban J connectivity index is 1.95. The van der Waals surface area contributed by atoms with E-state index in [1.807, 2.05) is 0 Å². The highest BCUT2D eigenvalue weighted by atomic mass is 31.2. The summed E-state index contributed by atoms with van der Waals surface area (Å²) in [6.07, 6.45) is 1.39. The van der Waals surface area contributed by atoms with Crippen LogP contribution in [0.4, 0.5) is 9.59 Å². The molecule has 2 aliphatic heterocycles. The monoisotopic (exact) mass is 274 g/mol. The van der Waals surface area contributed by atoms with Gasteiger partial charge in [0, 0.05) is 5.66 Å². The molecule has 18 heavy (non-hydrogen) atoms. The van der Waals surface area contributed by atoms with Crippen molar-refractivity contribution >= 4 is 19.6 Å². The standard InChI is InChI=1S/C10H15N2O5P/c13-9-11(4-6-16-9)18(15,8-2-1-3-8)12-5-7-17-10(12)14/h8H,1-7H2. The van der Waals surface area contributed by atoms with E-state index in [1.165, 1.54) is 9.34 Å². The fourth-order valence-electron chi connectivity index (χ4n) is 2.54. The van der Waals surface area contributed by atoms with E-state index in [4.69, 9.17) is 9.47 Å². The topological polar surface area (TPSA) is 76.2 Å². The number of nitrogens with zero attached hydrogens (tertiary/aromatic N) is 2. The zero-order valence-corrected chi connectivity index (χ0v) is 10.8. The lowest BCUT2D eigenvalue weighted by atomic mass is 10.00. The van der Waals surface area contributed by atoms with Gasteiger partial charge in [-0.1, -0.05) is 6.42 Å². The molecular weight excluding hydrogens is 259 g/mol. The largest absolute Gasteiger partial charge is 0.447 e. The zero-order chi connectivity index (χ0) is 12.8. The van der Waals surface area contributed by atoms with Gasteiger partial charge in [-0.25, -0.2) is 18.9 Å². The second kappa shape index (κ2) is 4.16. The van der Waals surface area contributed by atoms with Gasteiger partial charge in [0.15, 0.2) is 0 Å². The molecule has 2 heterocycles. The smallest absolute Gasteiger partial charge is 0.416 e. The molecule has 0 atom stereocenters. The number of rotatable bonds is 3. The van der Waals surface area contributed by atoms with Crippen LogP contribution in [-0.2, 0) is 14.0 Å². The number of hydrogen-bond acceptors (Lipinski definition) is 5. The molecular formula is C10H15N2O5P. The molecule has 0 unspecified atom stereocenters. The molecule has 1 saturated carbocycles. The molecule has 8 heteroatoms. The Morgan fingerprint density at radius 3 is 1.78 bits per heavy atom. The normalized spacial score (nSPS) is 25.1. The van der Waals surface area contributed by atoms with Gasteiger partial charge in [0.25, 0.3) is 7.44 Å². The molecule has 7 nitrogen and oxygen atoms in total. The second-order valence-corrected chi connectivity index (χ2v) is 7.52. The summed E-state index contributed by atoms with van der Waals surface area (Å²) in [5, 5.41) is 0. The van der Waals surface area contributed by atoms with Crippen LogP contribution in [0.15, 0.2) is 0 Å². The molecule has 1 aliphatic carbocycles. The van der Waals surface area contributed by atoms with Crippen LogP contribution in [0.2, 0.25) is 0 Å². The SMILES string of the molecule is O=C1OCCN1P(=O)(C1CCC1)N1CCOC1=O. The predicted molar refractivity (Wildman–Crippen MR) is 61.4 cm³/mol. The van der Waals surface area contributed by atoms with E-state index in [1.54, 1.807) is 0 Å². The molecule has 2 saturated heterocycles. The molecule has 3 fully saturated rings. The zero-order valence-electron chi connectivity index (χ0n) is 9.91. The molecule has 0 aromatic carbocycles. The summed E-state index contributed by atoms with van der Waals surface area (Å²) in [5.74, 6) is 0. The number of carbonyl (C=O) groups is 2. The molecule has 0 bridgehead atoms.